The quantitative estimate of drug-likeness (QED) is 0.554. The number of nitriles is 1. The molecule has 164 valence electrons. The number of thioether (sulfide) groups is 1. The van der Waals surface area contributed by atoms with Crippen molar-refractivity contribution in [2.45, 2.75) is 60.3 Å². The van der Waals surface area contributed by atoms with Crippen molar-refractivity contribution < 1.29 is 8.42 Å². The molecule has 1 unspecified atom stereocenters. The number of likely N-dealkylation sites (N-methyl/N-ethyl adjacent to an activating group) is 1. The molecule has 1 saturated carbocycles. The minimum absolute atomic E-state index is 0.121. The molecule has 2 aliphatic rings. The van der Waals surface area contributed by atoms with Gasteiger partial charge in [0.1, 0.15) is 4.90 Å². The van der Waals surface area contributed by atoms with Gasteiger partial charge in [0.25, 0.3) is 0 Å². The van der Waals surface area contributed by atoms with Crippen LogP contribution in [0.1, 0.15) is 44.6 Å². The Labute approximate surface area is 190 Å². The molecule has 7 heteroatoms. The van der Waals surface area contributed by atoms with Gasteiger partial charge in [0.15, 0.2) is 0 Å². The van der Waals surface area contributed by atoms with Crippen molar-refractivity contribution in [2.24, 2.45) is 0 Å². The molecule has 0 amide bonds. The zero-order valence-electron chi connectivity index (χ0n) is 18.3. The zero-order valence-corrected chi connectivity index (χ0v) is 20.0. The van der Waals surface area contributed by atoms with Crippen LogP contribution in [0, 0.1) is 11.3 Å². The van der Waals surface area contributed by atoms with E-state index in [0.29, 0.717) is 17.1 Å². The SMILES string of the molecule is CCCCC1CN(c2ccccc2)c2cc(SC)c(C3(C#N)CC3)cc2S(=O)(=O)N1C. The van der Waals surface area contributed by atoms with Crippen LogP contribution < -0.4 is 4.90 Å². The molecule has 0 radical (unpaired) electrons. The van der Waals surface area contributed by atoms with Crippen molar-refractivity contribution in [3.8, 4) is 6.07 Å². The summed E-state index contributed by atoms with van der Waals surface area (Å²) in [7, 11) is -1.99. The molecule has 0 saturated heterocycles. The van der Waals surface area contributed by atoms with E-state index in [9.17, 15) is 13.7 Å². The summed E-state index contributed by atoms with van der Waals surface area (Å²) in [6.07, 6.45) is 6.37. The lowest BCUT2D eigenvalue weighted by molar-refractivity contribution is 0.351. The maximum Gasteiger partial charge on any atom is 0.245 e. The number of anilines is 2. The second-order valence-corrected chi connectivity index (χ2v) is 11.3. The smallest absolute Gasteiger partial charge is 0.245 e. The molecular formula is C24H29N3O2S2. The summed E-state index contributed by atoms with van der Waals surface area (Å²) in [6, 6.07) is 16.1. The Bertz CT molecular complexity index is 1110. The monoisotopic (exact) mass is 455 g/mol. The molecule has 0 spiro atoms. The summed E-state index contributed by atoms with van der Waals surface area (Å²) in [5.41, 5.74) is 2.00. The summed E-state index contributed by atoms with van der Waals surface area (Å²) in [5, 5.41) is 9.81. The number of hydrogen-bond donors (Lipinski definition) is 0. The van der Waals surface area contributed by atoms with Crippen LogP contribution in [0.5, 0.6) is 0 Å². The molecule has 1 heterocycles. The molecule has 31 heavy (non-hydrogen) atoms. The van der Waals surface area contributed by atoms with Crippen LogP contribution in [0.2, 0.25) is 0 Å². The Balaban J connectivity index is 1.95. The van der Waals surface area contributed by atoms with Gasteiger partial charge in [0.2, 0.25) is 10.0 Å². The third kappa shape index (κ3) is 3.86. The second kappa shape index (κ2) is 8.50. The van der Waals surface area contributed by atoms with Crippen LogP contribution in [0.4, 0.5) is 11.4 Å². The van der Waals surface area contributed by atoms with E-state index in [1.807, 2.05) is 42.7 Å². The van der Waals surface area contributed by atoms with Crippen LogP contribution in [0.15, 0.2) is 52.3 Å². The van der Waals surface area contributed by atoms with E-state index in [-0.39, 0.29) is 6.04 Å². The van der Waals surface area contributed by atoms with Crippen molar-refractivity contribution in [3.63, 3.8) is 0 Å². The van der Waals surface area contributed by atoms with E-state index in [4.69, 9.17) is 0 Å². The molecule has 1 atom stereocenters. The van der Waals surface area contributed by atoms with Crippen molar-refractivity contribution in [3.05, 3.63) is 48.0 Å². The Morgan fingerprint density at radius 1 is 1.23 bits per heavy atom. The number of para-hydroxylation sites is 1. The highest BCUT2D eigenvalue weighted by molar-refractivity contribution is 7.98. The average Bonchev–Trinajstić information content (AvgIpc) is 3.60. The van der Waals surface area contributed by atoms with Crippen LogP contribution in [-0.2, 0) is 15.4 Å². The van der Waals surface area contributed by atoms with E-state index >= 15 is 0 Å². The number of sulfonamides is 1. The molecule has 5 nitrogen and oxygen atoms in total. The van der Waals surface area contributed by atoms with E-state index in [2.05, 4.69) is 17.9 Å². The lowest BCUT2D eigenvalue weighted by Gasteiger charge is -2.29. The zero-order chi connectivity index (χ0) is 22.2. The molecule has 0 aromatic heterocycles. The van der Waals surface area contributed by atoms with Gasteiger partial charge in [-0.25, -0.2) is 8.42 Å². The second-order valence-electron chi connectivity index (χ2n) is 8.48. The largest absolute Gasteiger partial charge is 0.339 e. The standard InChI is InChI=1S/C24H29N3O2S2/c1-4-5-9-19-16-27(18-10-7-6-8-11-18)21-15-22(30-3)20(24(17-25)12-13-24)14-23(21)31(28,29)26(19)2/h6-8,10-11,14-15,19H,4-5,9,12-13,16H2,1-3H3. The first kappa shape index (κ1) is 22.2. The van der Waals surface area contributed by atoms with Gasteiger partial charge in [0, 0.05) is 30.2 Å². The normalized spacial score (nSPS) is 21.7. The van der Waals surface area contributed by atoms with E-state index in [1.54, 1.807) is 29.2 Å². The van der Waals surface area contributed by atoms with E-state index in [0.717, 1.165) is 48.3 Å². The fourth-order valence-corrected chi connectivity index (χ4v) is 6.70. The van der Waals surface area contributed by atoms with Gasteiger partial charge in [-0.1, -0.05) is 38.0 Å². The molecule has 4 rings (SSSR count). The number of hydrogen-bond acceptors (Lipinski definition) is 5. The Hall–Kier alpha value is -2.01. The summed E-state index contributed by atoms with van der Waals surface area (Å²) in [5.74, 6) is 0. The number of unbranched alkanes of at least 4 members (excludes halogenated alkanes) is 1. The number of fused-ring (bicyclic) bond motifs is 1. The predicted octanol–water partition coefficient (Wildman–Crippen LogP) is 5.29. The molecule has 1 fully saturated rings. The Morgan fingerprint density at radius 3 is 2.52 bits per heavy atom. The van der Waals surface area contributed by atoms with Crippen molar-refractivity contribution in [1.82, 2.24) is 4.31 Å². The molecule has 1 aliphatic heterocycles. The van der Waals surface area contributed by atoms with Crippen molar-refractivity contribution in [2.75, 3.05) is 24.7 Å². The summed E-state index contributed by atoms with van der Waals surface area (Å²) >= 11 is 1.58. The third-order valence-corrected chi connectivity index (χ3v) is 9.29. The van der Waals surface area contributed by atoms with Crippen LogP contribution in [0.3, 0.4) is 0 Å². The lowest BCUT2D eigenvalue weighted by Crippen LogP contribution is -2.40. The van der Waals surface area contributed by atoms with Gasteiger partial charge < -0.3 is 4.90 Å². The first-order valence-corrected chi connectivity index (χ1v) is 13.5. The fraction of sp³-hybridized carbons (Fsp3) is 0.458. The third-order valence-electron chi connectivity index (χ3n) is 6.57. The van der Waals surface area contributed by atoms with E-state index < -0.39 is 15.4 Å². The van der Waals surface area contributed by atoms with Crippen LogP contribution >= 0.6 is 11.8 Å². The molecule has 2 aromatic carbocycles. The minimum Gasteiger partial charge on any atom is -0.339 e. The maximum atomic E-state index is 13.8. The minimum atomic E-state index is -3.69. The number of nitrogens with zero attached hydrogens (tertiary/aromatic N) is 3. The van der Waals surface area contributed by atoms with Crippen molar-refractivity contribution in [1.29, 1.82) is 5.26 Å². The predicted molar refractivity (Wildman–Crippen MR) is 126 cm³/mol. The lowest BCUT2D eigenvalue weighted by atomic mass is 9.97. The van der Waals surface area contributed by atoms with Crippen LogP contribution in [0.25, 0.3) is 0 Å². The van der Waals surface area contributed by atoms with Gasteiger partial charge in [-0.05, 0) is 55.3 Å². The first-order chi connectivity index (χ1) is 14.9. The molecular weight excluding hydrogens is 426 g/mol. The van der Waals surface area contributed by atoms with Crippen LogP contribution in [-0.4, -0.2) is 38.6 Å². The van der Waals surface area contributed by atoms with Gasteiger partial charge in [-0.2, -0.15) is 9.57 Å². The maximum absolute atomic E-state index is 13.8. The van der Waals surface area contributed by atoms with Crippen molar-refractivity contribution >= 4 is 33.2 Å². The van der Waals surface area contributed by atoms with E-state index in [1.165, 1.54) is 0 Å². The highest BCUT2D eigenvalue weighted by Crippen LogP contribution is 2.53. The Kier molecular flexibility index (Phi) is 6.08. The average molecular weight is 456 g/mol. The summed E-state index contributed by atoms with van der Waals surface area (Å²) in [4.78, 5) is 3.45. The van der Waals surface area contributed by atoms with Gasteiger partial charge in [-0.15, -0.1) is 11.8 Å². The van der Waals surface area contributed by atoms with Gasteiger partial charge >= 0.3 is 0 Å². The fourth-order valence-electron chi connectivity index (χ4n) is 4.42. The highest BCUT2D eigenvalue weighted by Gasteiger charge is 2.48. The molecule has 2 aromatic rings. The molecule has 0 N–H and O–H groups in total. The number of benzene rings is 2. The summed E-state index contributed by atoms with van der Waals surface area (Å²) < 4.78 is 29.1. The van der Waals surface area contributed by atoms with Gasteiger partial charge in [-0.3, -0.25) is 0 Å². The molecule has 1 aliphatic carbocycles. The highest BCUT2D eigenvalue weighted by atomic mass is 32.2. The molecule has 0 bridgehead atoms. The first-order valence-electron chi connectivity index (χ1n) is 10.8. The Morgan fingerprint density at radius 2 is 1.94 bits per heavy atom. The topological polar surface area (TPSA) is 64.4 Å². The summed E-state index contributed by atoms with van der Waals surface area (Å²) in [6.45, 7) is 2.73. The van der Waals surface area contributed by atoms with Gasteiger partial charge in [0.05, 0.1) is 17.2 Å². The number of rotatable bonds is 6.